The molecule has 0 aromatic heterocycles. The molecule has 0 aliphatic heterocycles. The van der Waals surface area contributed by atoms with Gasteiger partial charge in [0.1, 0.15) is 24.7 Å². The van der Waals surface area contributed by atoms with Gasteiger partial charge in [-0.15, -0.1) is 0 Å². The number of ether oxygens (including phenoxy) is 2. The SMILES string of the molecule is C=C(COc1ccc(C)cc1N)COc1ccc(C)cc1N. The van der Waals surface area contributed by atoms with Crippen LogP contribution in [-0.2, 0) is 0 Å². The van der Waals surface area contributed by atoms with Crippen LogP contribution in [0, 0.1) is 13.8 Å². The summed E-state index contributed by atoms with van der Waals surface area (Å²) in [4.78, 5) is 0. The Morgan fingerprint density at radius 2 is 1.27 bits per heavy atom. The van der Waals surface area contributed by atoms with Gasteiger partial charge in [0.2, 0.25) is 0 Å². The molecule has 0 fully saturated rings. The highest BCUT2D eigenvalue weighted by molar-refractivity contribution is 5.55. The summed E-state index contributed by atoms with van der Waals surface area (Å²) >= 11 is 0. The molecule has 4 nitrogen and oxygen atoms in total. The Kier molecular flexibility index (Phi) is 4.94. The Hall–Kier alpha value is -2.62. The van der Waals surface area contributed by atoms with Crippen molar-refractivity contribution in [2.75, 3.05) is 24.7 Å². The minimum absolute atomic E-state index is 0.346. The van der Waals surface area contributed by atoms with Crippen LogP contribution in [0.4, 0.5) is 11.4 Å². The van der Waals surface area contributed by atoms with Gasteiger partial charge in [-0.3, -0.25) is 0 Å². The van der Waals surface area contributed by atoms with Crippen molar-refractivity contribution in [1.29, 1.82) is 0 Å². The smallest absolute Gasteiger partial charge is 0.142 e. The number of hydrogen-bond donors (Lipinski definition) is 2. The standard InChI is InChI=1S/C18H22N2O2/c1-12-4-6-17(15(19)8-12)21-10-14(3)11-22-18-7-5-13(2)9-16(18)20/h4-9H,3,10-11,19-20H2,1-2H3. The zero-order valence-electron chi connectivity index (χ0n) is 13.1. The molecule has 4 N–H and O–H groups in total. The van der Waals surface area contributed by atoms with E-state index in [1.54, 1.807) is 0 Å². The highest BCUT2D eigenvalue weighted by atomic mass is 16.5. The molecule has 0 saturated heterocycles. The maximum atomic E-state index is 5.90. The Morgan fingerprint density at radius 1 is 0.864 bits per heavy atom. The van der Waals surface area contributed by atoms with Crippen molar-refractivity contribution < 1.29 is 9.47 Å². The van der Waals surface area contributed by atoms with E-state index in [2.05, 4.69) is 6.58 Å². The summed E-state index contributed by atoms with van der Waals surface area (Å²) < 4.78 is 11.3. The molecule has 0 heterocycles. The fourth-order valence-corrected chi connectivity index (χ4v) is 2.00. The Labute approximate surface area is 131 Å². The van der Waals surface area contributed by atoms with Crippen molar-refractivity contribution in [2.45, 2.75) is 13.8 Å². The molecule has 0 atom stereocenters. The van der Waals surface area contributed by atoms with Crippen LogP contribution in [0.5, 0.6) is 11.5 Å². The normalized spacial score (nSPS) is 10.3. The second-order valence-electron chi connectivity index (χ2n) is 5.41. The van der Waals surface area contributed by atoms with E-state index in [0.29, 0.717) is 36.1 Å². The summed E-state index contributed by atoms with van der Waals surface area (Å²) in [5.41, 5.74) is 16.1. The van der Waals surface area contributed by atoms with Gasteiger partial charge in [-0.05, 0) is 54.8 Å². The lowest BCUT2D eigenvalue weighted by Crippen LogP contribution is -2.10. The summed E-state index contributed by atoms with van der Waals surface area (Å²) in [6.45, 7) is 8.61. The molecule has 0 bridgehead atoms. The van der Waals surface area contributed by atoms with Crippen LogP contribution in [0.1, 0.15) is 11.1 Å². The average molecular weight is 298 g/mol. The largest absolute Gasteiger partial charge is 0.487 e. The summed E-state index contributed by atoms with van der Waals surface area (Å²) in [5, 5.41) is 0. The zero-order chi connectivity index (χ0) is 16.1. The van der Waals surface area contributed by atoms with Gasteiger partial charge in [-0.2, -0.15) is 0 Å². The van der Waals surface area contributed by atoms with Crippen LogP contribution in [0.15, 0.2) is 48.6 Å². The van der Waals surface area contributed by atoms with Crippen molar-refractivity contribution >= 4 is 11.4 Å². The molecule has 2 aromatic carbocycles. The number of aryl methyl sites for hydroxylation is 2. The molecule has 0 amide bonds. The van der Waals surface area contributed by atoms with E-state index in [0.717, 1.165) is 16.7 Å². The van der Waals surface area contributed by atoms with E-state index in [-0.39, 0.29) is 0 Å². The van der Waals surface area contributed by atoms with Crippen molar-refractivity contribution in [2.24, 2.45) is 0 Å². The molecular weight excluding hydrogens is 276 g/mol. The summed E-state index contributed by atoms with van der Waals surface area (Å²) in [6, 6.07) is 11.4. The van der Waals surface area contributed by atoms with Crippen LogP contribution < -0.4 is 20.9 Å². The van der Waals surface area contributed by atoms with Gasteiger partial charge in [0, 0.05) is 0 Å². The van der Waals surface area contributed by atoms with Gasteiger partial charge in [-0.25, -0.2) is 0 Å². The third-order valence-corrected chi connectivity index (χ3v) is 3.19. The van der Waals surface area contributed by atoms with Gasteiger partial charge in [0.05, 0.1) is 11.4 Å². The van der Waals surface area contributed by atoms with Crippen LogP contribution in [0.3, 0.4) is 0 Å². The summed E-state index contributed by atoms with van der Waals surface area (Å²) in [6.07, 6.45) is 0. The van der Waals surface area contributed by atoms with Gasteiger partial charge >= 0.3 is 0 Å². The van der Waals surface area contributed by atoms with E-state index in [1.807, 2.05) is 50.2 Å². The first-order valence-electron chi connectivity index (χ1n) is 7.10. The van der Waals surface area contributed by atoms with Crippen LogP contribution in [0.2, 0.25) is 0 Å². The van der Waals surface area contributed by atoms with Crippen molar-refractivity contribution in [3.8, 4) is 11.5 Å². The Morgan fingerprint density at radius 3 is 1.64 bits per heavy atom. The molecule has 0 aliphatic rings. The van der Waals surface area contributed by atoms with Crippen LogP contribution >= 0.6 is 0 Å². The monoisotopic (exact) mass is 298 g/mol. The van der Waals surface area contributed by atoms with E-state index in [1.165, 1.54) is 0 Å². The maximum Gasteiger partial charge on any atom is 0.142 e. The van der Waals surface area contributed by atoms with Crippen molar-refractivity contribution in [3.05, 3.63) is 59.7 Å². The minimum Gasteiger partial charge on any atom is -0.487 e. The zero-order valence-corrected chi connectivity index (χ0v) is 13.1. The van der Waals surface area contributed by atoms with Crippen molar-refractivity contribution in [1.82, 2.24) is 0 Å². The second-order valence-corrected chi connectivity index (χ2v) is 5.41. The lowest BCUT2D eigenvalue weighted by atomic mass is 10.2. The summed E-state index contributed by atoms with van der Waals surface area (Å²) in [7, 11) is 0. The molecule has 0 aliphatic carbocycles. The molecule has 4 heteroatoms. The molecule has 2 aromatic rings. The minimum atomic E-state index is 0.346. The highest BCUT2D eigenvalue weighted by Crippen LogP contribution is 2.24. The number of anilines is 2. The maximum absolute atomic E-state index is 5.90. The molecule has 2 rings (SSSR count). The third kappa shape index (κ3) is 4.19. The first-order chi connectivity index (χ1) is 10.5. The topological polar surface area (TPSA) is 70.5 Å². The molecule has 0 unspecified atom stereocenters. The number of nitrogens with two attached hydrogens (primary N) is 2. The first-order valence-corrected chi connectivity index (χ1v) is 7.10. The van der Waals surface area contributed by atoms with Gasteiger partial charge < -0.3 is 20.9 Å². The van der Waals surface area contributed by atoms with E-state index >= 15 is 0 Å². The average Bonchev–Trinajstić information content (AvgIpc) is 2.45. The fraction of sp³-hybridized carbons (Fsp3) is 0.222. The molecule has 0 spiro atoms. The molecular formula is C18H22N2O2. The lowest BCUT2D eigenvalue weighted by Gasteiger charge is -2.13. The van der Waals surface area contributed by atoms with Gasteiger partial charge in [0.15, 0.2) is 0 Å². The van der Waals surface area contributed by atoms with Crippen LogP contribution in [-0.4, -0.2) is 13.2 Å². The summed E-state index contributed by atoms with van der Waals surface area (Å²) in [5.74, 6) is 1.31. The van der Waals surface area contributed by atoms with E-state index < -0.39 is 0 Å². The number of nitrogen functional groups attached to an aromatic ring is 2. The molecule has 116 valence electrons. The molecule has 0 radical (unpaired) electrons. The molecule has 0 saturated carbocycles. The third-order valence-electron chi connectivity index (χ3n) is 3.19. The number of benzene rings is 2. The lowest BCUT2D eigenvalue weighted by molar-refractivity contribution is 0.303. The van der Waals surface area contributed by atoms with Crippen LogP contribution in [0.25, 0.3) is 0 Å². The quantitative estimate of drug-likeness (QED) is 0.632. The van der Waals surface area contributed by atoms with E-state index in [4.69, 9.17) is 20.9 Å². The van der Waals surface area contributed by atoms with Gasteiger partial charge in [-0.1, -0.05) is 18.7 Å². The highest BCUT2D eigenvalue weighted by Gasteiger charge is 2.04. The Bertz CT molecular complexity index is 623. The first kappa shape index (κ1) is 15.8. The molecule has 22 heavy (non-hydrogen) atoms. The Balaban J connectivity index is 1.85. The second kappa shape index (κ2) is 6.89. The van der Waals surface area contributed by atoms with Crippen molar-refractivity contribution in [3.63, 3.8) is 0 Å². The number of rotatable bonds is 6. The number of hydrogen-bond acceptors (Lipinski definition) is 4. The predicted molar refractivity (Wildman–Crippen MR) is 91.3 cm³/mol. The predicted octanol–water partition coefficient (Wildman–Crippen LogP) is 3.48. The fourth-order valence-electron chi connectivity index (χ4n) is 2.00. The van der Waals surface area contributed by atoms with E-state index in [9.17, 15) is 0 Å². The van der Waals surface area contributed by atoms with Gasteiger partial charge in [0.25, 0.3) is 0 Å².